The van der Waals surface area contributed by atoms with E-state index in [2.05, 4.69) is 30.1 Å². The minimum atomic E-state index is 0.876. The van der Waals surface area contributed by atoms with Gasteiger partial charge in [-0.2, -0.15) is 0 Å². The smallest absolute Gasteiger partial charge is 0.122 e. The van der Waals surface area contributed by atoms with Crippen molar-refractivity contribution in [1.29, 1.82) is 0 Å². The molecule has 0 aliphatic rings. The first-order chi connectivity index (χ1) is 7.69. The average molecular weight is 217 g/mol. The van der Waals surface area contributed by atoms with E-state index in [4.69, 9.17) is 4.74 Å². The van der Waals surface area contributed by atoms with E-state index < -0.39 is 0 Å². The summed E-state index contributed by atoms with van der Waals surface area (Å²) in [6, 6.07) is 4.12. The summed E-state index contributed by atoms with van der Waals surface area (Å²) in [4.78, 5) is 0. The summed E-state index contributed by atoms with van der Waals surface area (Å²) in [5, 5.41) is 3.08. The van der Waals surface area contributed by atoms with Crippen LogP contribution < -0.4 is 10.1 Å². The maximum absolute atomic E-state index is 5.27. The summed E-state index contributed by atoms with van der Waals surface area (Å²) >= 11 is 0. The Morgan fingerprint density at radius 1 is 1.25 bits per heavy atom. The molecular weight excluding hydrogens is 198 g/mol. The van der Waals surface area contributed by atoms with Crippen LogP contribution in [0.1, 0.15) is 23.1 Å². The van der Waals surface area contributed by atoms with Gasteiger partial charge in [0.25, 0.3) is 0 Å². The van der Waals surface area contributed by atoms with E-state index in [1.165, 1.54) is 5.56 Å². The lowest BCUT2D eigenvalue weighted by atomic mass is 10.0. The normalized spacial score (nSPS) is 9.50. The lowest BCUT2D eigenvalue weighted by Crippen LogP contribution is -2.05. The zero-order valence-electron chi connectivity index (χ0n) is 10.5. The second kappa shape index (κ2) is 6.19. The lowest BCUT2D eigenvalue weighted by Gasteiger charge is -2.07. The summed E-state index contributed by atoms with van der Waals surface area (Å²) in [5.41, 5.74) is 3.39. The van der Waals surface area contributed by atoms with Crippen LogP contribution in [-0.2, 0) is 0 Å². The molecule has 1 N–H and O–H groups in total. The molecular formula is C14H19NO. The molecule has 0 saturated heterocycles. The minimum Gasteiger partial charge on any atom is -0.496 e. The van der Waals surface area contributed by atoms with Crippen LogP contribution in [0.15, 0.2) is 12.1 Å². The van der Waals surface area contributed by atoms with Gasteiger partial charge in [-0.1, -0.05) is 11.8 Å². The van der Waals surface area contributed by atoms with Crippen molar-refractivity contribution < 1.29 is 4.74 Å². The molecule has 0 aliphatic heterocycles. The number of rotatable bonds is 3. The molecule has 0 saturated carbocycles. The third-order valence-corrected chi connectivity index (χ3v) is 2.46. The van der Waals surface area contributed by atoms with Gasteiger partial charge in [0.2, 0.25) is 0 Å². The Morgan fingerprint density at radius 3 is 2.62 bits per heavy atom. The van der Waals surface area contributed by atoms with Gasteiger partial charge in [0.15, 0.2) is 0 Å². The molecule has 1 aromatic carbocycles. The molecule has 0 aliphatic carbocycles. The molecule has 0 aromatic heterocycles. The number of benzene rings is 1. The maximum Gasteiger partial charge on any atom is 0.122 e. The molecule has 0 amide bonds. The predicted molar refractivity (Wildman–Crippen MR) is 67.9 cm³/mol. The molecule has 0 bridgehead atoms. The highest BCUT2D eigenvalue weighted by Crippen LogP contribution is 2.21. The van der Waals surface area contributed by atoms with Crippen LogP contribution in [0.4, 0.5) is 0 Å². The Morgan fingerprint density at radius 2 is 2.00 bits per heavy atom. The fourth-order valence-corrected chi connectivity index (χ4v) is 1.49. The molecule has 1 rings (SSSR count). The van der Waals surface area contributed by atoms with Crippen LogP contribution in [-0.4, -0.2) is 20.7 Å². The molecule has 86 valence electrons. The standard InChI is InChI=1S/C14H19NO/c1-11-10-14(16-4)12(2)9-13(11)7-5-6-8-15-3/h9-10,15H,6,8H2,1-4H3. The molecule has 0 heterocycles. The van der Waals surface area contributed by atoms with E-state index in [1.807, 2.05) is 20.0 Å². The van der Waals surface area contributed by atoms with Gasteiger partial charge in [-0.3, -0.25) is 0 Å². The van der Waals surface area contributed by atoms with Crippen molar-refractivity contribution in [3.63, 3.8) is 0 Å². The van der Waals surface area contributed by atoms with Crippen molar-refractivity contribution in [3.05, 3.63) is 28.8 Å². The fraction of sp³-hybridized carbons (Fsp3) is 0.429. The van der Waals surface area contributed by atoms with Crippen molar-refractivity contribution in [2.45, 2.75) is 20.3 Å². The van der Waals surface area contributed by atoms with E-state index in [0.717, 1.165) is 29.8 Å². The zero-order valence-corrected chi connectivity index (χ0v) is 10.5. The largest absolute Gasteiger partial charge is 0.496 e. The van der Waals surface area contributed by atoms with Crippen LogP contribution in [0.25, 0.3) is 0 Å². The summed E-state index contributed by atoms with van der Waals surface area (Å²) in [7, 11) is 3.63. The summed E-state index contributed by atoms with van der Waals surface area (Å²) < 4.78 is 5.27. The van der Waals surface area contributed by atoms with E-state index in [1.54, 1.807) is 7.11 Å². The average Bonchev–Trinajstić information content (AvgIpc) is 2.28. The van der Waals surface area contributed by atoms with Crippen molar-refractivity contribution in [2.75, 3.05) is 20.7 Å². The second-order valence-corrected chi connectivity index (χ2v) is 3.79. The topological polar surface area (TPSA) is 21.3 Å². The van der Waals surface area contributed by atoms with Gasteiger partial charge >= 0.3 is 0 Å². The second-order valence-electron chi connectivity index (χ2n) is 3.79. The van der Waals surface area contributed by atoms with Crippen LogP contribution in [0.5, 0.6) is 5.75 Å². The highest BCUT2D eigenvalue weighted by atomic mass is 16.5. The Kier molecular flexibility index (Phi) is 4.88. The van der Waals surface area contributed by atoms with E-state index in [0.29, 0.717) is 0 Å². The van der Waals surface area contributed by atoms with Crippen molar-refractivity contribution in [3.8, 4) is 17.6 Å². The SMILES string of the molecule is CNCCC#Cc1cc(C)c(OC)cc1C. The van der Waals surface area contributed by atoms with Gasteiger partial charge < -0.3 is 10.1 Å². The molecule has 16 heavy (non-hydrogen) atoms. The molecule has 0 fully saturated rings. The van der Waals surface area contributed by atoms with E-state index in [9.17, 15) is 0 Å². The maximum atomic E-state index is 5.27. The predicted octanol–water partition coefficient (Wildman–Crippen LogP) is 2.27. The third kappa shape index (κ3) is 3.29. The number of hydrogen-bond acceptors (Lipinski definition) is 2. The highest BCUT2D eigenvalue weighted by Gasteiger charge is 2.02. The Balaban J connectivity index is 2.87. The summed E-state index contributed by atoms with van der Waals surface area (Å²) in [6.45, 7) is 5.03. The number of nitrogens with one attached hydrogen (secondary N) is 1. The molecule has 0 atom stereocenters. The first-order valence-corrected chi connectivity index (χ1v) is 5.47. The van der Waals surface area contributed by atoms with E-state index in [-0.39, 0.29) is 0 Å². The van der Waals surface area contributed by atoms with Crippen LogP contribution in [0.3, 0.4) is 0 Å². The Bertz CT molecular complexity index is 413. The number of ether oxygens (including phenoxy) is 1. The molecule has 1 aromatic rings. The molecule has 0 unspecified atom stereocenters. The monoisotopic (exact) mass is 217 g/mol. The Labute approximate surface area is 98.0 Å². The van der Waals surface area contributed by atoms with Gasteiger partial charge in [0.1, 0.15) is 5.75 Å². The zero-order chi connectivity index (χ0) is 12.0. The van der Waals surface area contributed by atoms with E-state index >= 15 is 0 Å². The van der Waals surface area contributed by atoms with Gasteiger partial charge in [0, 0.05) is 18.5 Å². The van der Waals surface area contributed by atoms with Crippen LogP contribution in [0.2, 0.25) is 0 Å². The number of aryl methyl sites for hydroxylation is 2. The molecule has 0 radical (unpaired) electrons. The highest BCUT2D eigenvalue weighted by molar-refractivity contribution is 5.48. The molecule has 0 spiro atoms. The molecule has 2 heteroatoms. The Hall–Kier alpha value is -1.46. The van der Waals surface area contributed by atoms with Crippen molar-refractivity contribution in [1.82, 2.24) is 5.32 Å². The van der Waals surface area contributed by atoms with Crippen molar-refractivity contribution in [2.24, 2.45) is 0 Å². The van der Waals surface area contributed by atoms with Gasteiger partial charge in [-0.15, -0.1) is 0 Å². The van der Waals surface area contributed by atoms with Crippen molar-refractivity contribution >= 4 is 0 Å². The summed E-state index contributed by atoms with van der Waals surface area (Å²) in [5.74, 6) is 7.28. The number of hydrogen-bond donors (Lipinski definition) is 1. The van der Waals surface area contributed by atoms with Gasteiger partial charge in [-0.05, 0) is 44.2 Å². The quantitative estimate of drug-likeness (QED) is 0.619. The lowest BCUT2D eigenvalue weighted by molar-refractivity contribution is 0.411. The van der Waals surface area contributed by atoms with Crippen LogP contribution in [0, 0.1) is 25.7 Å². The van der Waals surface area contributed by atoms with Crippen LogP contribution >= 0.6 is 0 Å². The fourth-order valence-electron chi connectivity index (χ4n) is 1.49. The minimum absolute atomic E-state index is 0.876. The first kappa shape index (κ1) is 12.6. The first-order valence-electron chi connectivity index (χ1n) is 5.47. The summed E-state index contributed by atoms with van der Waals surface area (Å²) in [6.07, 6.45) is 0.876. The third-order valence-electron chi connectivity index (χ3n) is 2.46. The van der Waals surface area contributed by atoms with Gasteiger partial charge in [0.05, 0.1) is 7.11 Å². The molecule has 2 nitrogen and oxygen atoms in total. The van der Waals surface area contributed by atoms with Gasteiger partial charge in [-0.25, -0.2) is 0 Å². The number of methoxy groups -OCH3 is 1.